The van der Waals surface area contributed by atoms with Gasteiger partial charge in [0.15, 0.2) is 0 Å². The van der Waals surface area contributed by atoms with E-state index >= 15 is 0 Å². The number of rotatable bonds is 7. The minimum absolute atomic E-state index is 0. The molecule has 2 N–H and O–H groups in total. The number of nitrogens with two attached hydrogens (primary N) is 1. The maximum Gasteiger partial charge on any atom is 1.00 e. The van der Waals surface area contributed by atoms with Crippen LogP contribution in [0.4, 0.5) is 0 Å². The summed E-state index contributed by atoms with van der Waals surface area (Å²) in [5.41, 5.74) is 5.62. The second kappa shape index (κ2) is 12.6. The predicted octanol–water partition coefficient (Wildman–Crippen LogP) is -5.79. The van der Waals surface area contributed by atoms with Crippen LogP contribution >= 0.6 is 7.60 Å². The van der Waals surface area contributed by atoms with Crippen molar-refractivity contribution in [1.29, 1.82) is 0 Å². The molecule has 0 spiro atoms. The van der Waals surface area contributed by atoms with Crippen LogP contribution in [-0.4, -0.2) is 12.2 Å². The first-order valence-electron chi connectivity index (χ1n) is 4.72. The molecule has 0 rings (SSSR count). The van der Waals surface area contributed by atoms with E-state index < -0.39 is 7.60 Å². The Kier molecular flexibility index (Phi) is 18.7. The van der Waals surface area contributed by atoms with Gasteiger partial charge in [-0.2, -0.15) is 0 Å². The van der Waals surface area contributed by atoms with Crippen molar-refractivity contribution in [3.05, 3.63) is 0 Å². The fraction of sp³-hybridized carbons (Fsp3) is 1.00. The standard InChI is InChI=1S/C8H20NO3P.2Na/c1-2-3-4-5-8(9)6-7-13(10,11)12;;/h8H,2-7,9H2,1H3,(H2,10,11,12);;/q;2*+1/p-2. The largest absolute Gasteiger partial charge is 1.00 e. The molecule has 7 heteroatoms. The van der Waals surface area contributed by atoms with E-state index in [-0.39, 0.29) is 71.3 Å². The van der Waals surface area contributed by atoms with Crippen LogP contribution in [0.1, 0.15) is 39.0 Å². The zero-order chi connectivity index (χ0) is 10.3. The molecule has 0 amide bonds. The molecule has 1 unspecified atom stereocenters. The Hall–Kier alpha value is 2.11. The van der Waals surface area contributed by atoms with Crippen molar-refractivity contribution < 1.29 is 73.5 Å². The summed E-state index contributed by atoms with van der Waals surface area (Å²) < 4.78 is 10.3. The summed E-state index contributed by atoms with van der Waals surface area (Å²) in [7, 11) is -4.34. The zero-order valence-electron chi connectivity index (χ0n) is 10.1. The molecule has 15 heavy (non-hydrogen) atoms. The quantitative estimate of drug-likeness (QED) is 0.278. The molecule has 0 aromatic rings. The molecule has 4 nitrogen and oxygen atoms in total. The van der Waals surface area contributed by atoms with E-state index in [0.29, 0.717) is 6.42 Å². The number of unbranched alkanes of at least 4 members (excludes halogenated alkanes) is 2. The van der Waals surface area contributed by atoms with Crippen molar-refractivity contribution in [2.24, 2.45) is 5.73 Å². The zero-order valence-corrected chi connectivity index (χ0v) is 15.0. The molecule has 0 fully saturated rings. The van der Waals surface area contributed by atoms with Crippen molar-refractivity contribution in [2.45, 2.75) is 45.1 Å². The third-order valence-electron chi connectivity index (χ3n) is 1.95. The molecule has 0 bridgehead atoms. The van der Waals surface area contributed by atoms with E-state index in [1.807, 2.05) is 0 Å². The SMILES string of the molecule is CCCCCC(N)CCP(=O)([O-])[O-].[Na+].[Na+]. The first-order chi connectivity index (χ1) is 5.95. The van der Waals surface area contributed by atoms with Gasteiger partial charge >= 0.3 is 59.1 Å². The van der Waals surface area contributed by atoms with Crippen LogP contribution < -0.4 is 74.6 Å². The molecule has 80 valence electrons. The molecule has 1 atom stereocenters. The minimum atomic E-state index is -4.34. The van der Waals surface area contributed by atoms with Crippen LogP contribution in [0.2, 0.25) is 0 Å². The van der Waals surface area contributed by atoms with Gasteiger partial charge in [0.05, 0.1) is 0 Å². The van der Waals surface area contributed by atoms with Crippen molar-refractivity contribution in [3.63, 3.8) is 0 Å². The van der Waals surface area contributed by atoms with E-state index in [1.165, 1.54) is 0 Å². The van der Waals surface area contributed by atoms with Crippen LogP contribution in [-0.2, 0) is 4.57 Å². The van der Waals surface area contributed by atoms with Gasteiger partial charge in [-0.05, 0) is 19.0 Å². The molecule has 0 radical (unpaired) electrons. The van der Waals surface area contributed by atoms with E-state index in [1.54, 1.807) is 0 Å². The first kappa shape index (κ1) is 22.3. The Bertz CT molecular complexity index is 177. The Morgan fingerprint density at radius 2 is 1.73 bits per heavy atom. The molecule has 0 aliphatic heterocycles. The predicted molar refractivity (Wildman–Crippen MR) is 49.2 cm³/mol. The van der Waals surface area contributed by atoms with Gasteiger partial charge in [0.2, 0.25) is 0 Å². The third-order valence-corrected chi connectivity index (χ3v) is 2.76. The van der Waals surface area contributed by atoms with Crippen molar-refractivity contribution in [3.8, 4) is 0 Å². The number of hydrogen-bond acceptors (Lipinski definition) is 4. The summed E-state index contributed by atoms with van der Waals surface area (Å²) in [5.74, 6) is 0. The molecule has 0 aromatic carbocycles. The topological polar surface area (TPSA) is 89.2 Å². The maximum atomic E-state index is 10.3. The molecule has 0 heterocycles. The summed E-state index contributed by atoms with van der Waals surface area (Å²) in [6.07, 6.45) is 4.05. The summed E-state index contributed by atoms with van der Waals surface area (Å²) in [6.45, 7) is 2.09. The van der Waals surface area contributed by atoms with E-state index in [9.17, 15) is 14.4 Å². The summed E-state index contributed by atoms with van der Waals surface area (Å²) >= 11 is 0. The molecule has 0 saturated carbocycles. The first-order valence-corrected chi connectivity index (χ1v) is 6.45. The Morgan fingerprint density at radius 3 is 2.13 bits per heavy atom. The second-order valence-electron chi connectivity index (χ2n) is 3.38. The summed E-state index contributed by atoms with van der Waals surface area (Å²) in [6, 6.07) is -0.136. The second-order valence-corrected chi connectivity index (χ2v) is 5.05. The minimum Gasteiger partial charge on any atom is -0.811 e. The molecule has 0 aromatic heterocycles. The van der Waals surface area contributed by atoms with Crippen LogP contribution in [0.25, 0.3) is 0 Å². The van der Waals surface area contributed by atoms with Gasteiger partial charge in [-0.25, -0.2) is 0 Å². The van der Waals surface area contributed by atoms with Gasteiger partial charge in [0.25, 0.3) is 0 Å². The van der Waals surface area contributed by atoms with Gasteiger partial charge in [-0.1, -0.05) is 33.8 Å². The van der Waals surface area contributed by atoms with E-state index in [4.69, 9.17) is 5.73 Å². The molecule has 0 saturated heterocycles. The van der Waals surface area contributed by atoms with Crippen molar-refractivity contribution >= 4 is 7.60 Å². The van der Waals surface area contributed by atoms with Crippen LogP contribution in [0, 0.1) is 0 Å². The van der Waals surface area contributed by atoms with Crippen LogP contribution in [0.3, 0.4) is 0 Å². The monoisotopic (exact) mass is 253 g/mol. The smallest absolute Gasteiger partial charge is 0.811 e. The molecular weight excluding hydrogens is 235 g/mol. The van der Waals surface area contributed by atoms with Crippen molar-refractivity contribution in [2.75, 3.05) is 6.16 Å². The van der Waals surface area contributed by atoms with Crippen molar-refractivity contribution in [1.82, 2.24) is 0 Å². The van der Waals surface area contributed by atoms with E-state index in [0.717, 1.165) is 25.7 Å². The Balaban J connectivity index is -0.000000720. The normalized spacial score (nSPS) is 12.5. The Morgan fingerprint density at radius 1 is 1.20 bits per heavy atom. The van der Waals surface area contributed by atoms with E-state index in [2.05, 4.69) is 6.92 Å². The molecule has 0 aliphatic rings. The van der Waals surface area contributed by atoms with Gasteiger partial charge in [0.1, 0.15) is 0 Å². The average Bonchev–Trinajstić information content (AvgIpc) is 2.00. The van der Waals surface area contributed by atoms with Crippen LogP contribution in [0.5, 0.6) is 0 Å². The Labute approximate surface area is 137 Å². The van der Waals surface area contributed by atoms with Crippen LogP contribution in [0.15, 0.2) is 0 Å². The number of hydrogen-bond donors (Lipinski definition) is 1. The molecule has 0 aliphatic carbocycles. The summed E-state index contributed by atoms with van der Waals surface area (Å²) in [4.78, 5) is 20.6. The van der Waals surface area contributed by atoms with Gasteiger partial charge in [0, 0.05) is 6.04 Å². The van der Waals surface area contributed by atoms with Gasteiger partial charge in [-0.3, -0.25) is 0 Å². The van der Waals surface area contributed by atoms with Gasteiger partial charge in [-0.15, -0.1) is 0 Å². The average molecular weight is 253 g/mol. The third kappa shape index (κ3) is 18.7. The summed E-state index contributed by atoms with van der Waals surface area (Å²) in [5, 5.41) is 0. The maximum absolute atomic E-state index is 10.3. The van der Waals surface area contributed by atoms with Gasteiger partial charge < -0.3 is 20.1 Å². The molecular formula is C8H18NNa2O3P. The fourth-order valence-corrected chi connectivity index (χ4v) is 1.77. The fourth-order valence-electron chi connectivity index (χ4n) is 1.12.